The van der Waals surface area contributed by atoms with Crippen LogP contribution in [0.4, 0.5) is 5.69 Å². The molecular weight excluding hydrogens is 458 g/mol. The molecule has 0 aliphatic carbocycles. The summed E-state index contributed by atoms with van der Waals surface area (Å²) < 4.78 is 2.35. The molecular formula is C13H14Br3NO3. The maximum absolute atomic E-state index is 12.0. The summed E-state index contributed by atoms with van der Waals surface area (Å²) in [6, 6.07) is 3.64. The van der Waals surface area contributed by atoms with Crippen LogP contribution in [0.25, 0.3) is 0 Å². The molecule has 0 unspecified atom stereocenters. The zero-order chi connectivity index (χ0) is 15.5. The summed E-state index contributed by atoms with van der Waals surface area (Å²) in [6.45, 7) is 3.51. The lowest BCUT2D eigenvalue weighted by atomic mass is 9.85. The molecule has 0 fully saturated rings. The van der Waals surface area contributed by atoms with E-state index in [0.29, 0.717) is 5.69 Å². The predicted molar refractivity (Wildman–Crippen MR) is 88.8 cm³/mol. The Bertz CT molecular complexity index is 521. The molecule has 0 spiro atoms. The average molecular weight is 472 g/mol. The van der Waals surface area contributed by atoms with E-state index in [1.807, 2.05) is 12.1 Å². The van der Waals surface area contributed by atoms with Crippen molar-refractivity contribution in [3.8, 4) is 0 Å². The minimum absolute atomic E-state index is 0.0525. The third-order valence-electron chi connectivity index (χ3n) is 2.54. The van der Waals surface area contributed by atoms with Gasteiger partial charge in [0.2, 0.25) is 5.91 Å². The minimum atomic E-state index is -0.909. The summed E-state index contributed by atoms with van der Waals surface area (Å²) in [6.07, 6.45) is 0.0807. The van der Waals surface area contributed by atoms with Gasteiger partial charge in [-0.25, -0.2) is 0 Å². The number of halogens is 3. The number of nitrogens with one attached hydrogen (secondary N) is 1. The molecule has 7 heteroatoms. The quantitative estimate of drug-likeness (QED) is 0.648. The van der Waals surface area contributed by atoms with E-state index in [9.17, 15) is 9.59 Å². The number of carboxylic acids is 1. The highest BCUT2D eigenvalue weighted by molar-refractivity contribution is 9.11. The van der Waals surface area contributed by atoms with Gasteiger partial charge in [-0.2, -0.15) is 0 Å². The van der Waals surface area contributed by atoms with E-state index in [-0.39, 0.29) is 18.7 Å². The van der Waals surface area contributed by atoms with E-state index in [1.165, 1.54) is 0 Å². The number of benzene rings is 1. The molecule has 2 N–H and O–H groups in total. The first-order valence-electron chi connectivity index (χ1n) is 5.77. The van der Waals surface area contributed by atoms with Crippen molar-refractivity contribution >= 4 is 65.4 Å². The van der Waals surface area contributed by atoms with Crippen molar-refractivity contribution in [2.45, 2.75) is 26.7 Å². The number of amides is 1. The van der Waals surface area contributed by atoms with Crippen molar-refractivity contribution in [2.24, 2.45) is 5.41 Å². The maximum atomic E-state index is 12.0. The molecule has 110 valence electrons. The first-order valence-corrected chi connectivity index (χ1v) is 8.15. The van der Waals surface area contributed by atoms with Gasteiger partial charge in [0.1, 0.15) is 0 Å². The highest BCUT2D eigenvalue weighted by atomic mass is 79.9. The summed E-state index contributed by atoms with van der Waals surface area (Å²) in [7, 11) is 0. The SMILES string of the molecule is CC(C)(CC(=O)O)CC(=O)Nc1c(Br)cc(Br)cc1Br. The van der Waals surface area contributed by atoms with Gasteiger partial charge in [-0.3, -0.25) is 9.59 Å². The monoisotopic (exact) mass is 469 g/mol. The Morgan fingerprint density at radius 3 is 2.10 bits per heavy atom. The number of aliphatic carboxylic acids is 1. The van der Waals surface area contributed by atoms with E-state index in [0.717, 1.165) is 13.4 Å². The predicted octanol–water partition coefficient (Wildman–Crippen LogP) is 4.80. The lowest BCUT2D eigenvalue weighted by Crippen LogP contribution is -2.25. The minimum Gasteiger partial charge on any atom is -0.481 e. The number of hydrogen-bond acceptors (Lipinski definition) is 2. The first kappa shape index (κ1) is 17.7. The molecule has 0 aromatic heterocycles. The van der Waals surface area contributed by atoms with Crippen molar-refractivity contribution in [3.63, 3.8) is 0 Å². The van der Waals surface area contributed by atoms with Crippen molar-refractivity contribution in [1.29, 1.82) is 0 Å². The van der Waals surface area contributed by atoms with Crippen LogP contribution in [0.3, 0.4) is 0 Å². The number of carbonyl (C=O) groups excluding carboxylic acids is 1. The van der Waals surface area contributed by atoms with Crippen molar-refractivity contribution in [1.82, 2.24) is 0 Å². The summed E-state index contributed by atoms with van der Waals surface area (Å²) >= 11 is 10.1. The Morgan fingerprint density at radius 1 is 1.15 bits per heavy atom. The molecule has 20 heavy (non-hydrogen) atoms. The summed E-state index contributed by atoms with van der Waals surface area (Å²) in [4.78, 5) is 22.8. The molecule has 1 aromatic carbocycles. The first-order chi connectivity index (χ1) is 9.10. The van der Waals surface area contributed by atoms with E-state index in [2.05, 4.69) is 53.1 Å². The fourth-order valence-corrected chi connectivity index (χ4v) is 4.21. The van der Waals surface area contributed by atoms with Crippen LogP contribution in [0.1, 0.15) is 26.7 Å². The van der Waals surface area contributed by atoms with E-state index < -0.39 is 11.4 Å². The third kappa shape index (κ3) is 5.54. The standard InChI is InChI=1S/C13H14Br3NO3/c1-13(2,6-11(19)20)5-10(18)17-12-8(15)3-7(14)4-9(12)16/h3-4H,5-6H2,1-2H3,(H,17,18)(H,19,20). The number of rotatable bonds is 5. The Hall–Kier alpha value is -0.400. The van der Waals surface area contributed by atoms with Crippen molar-refractivity contribution < 1.29 is 14.7 Å². The van der Waals surface area contributed by atoms with E-state index in [4.69, 9.17) is 5.11 Å². The lowest BCUT2D eigenvalue weighted by Gasteiger charge is -2.22. The largest absolute Gasteiger partial charge is 0.481 e. The van der Waals surface area contributed by atoms with Crippen LogP contribution in [-0.2, 0) is 9.59 Å². The zero-order valence-corrected chi connectivity index (χ0v) is 15.7. The van der Waals surface area contributed by atoms with Crippen LogP contribution >= 0.6 is 47.8 Å². The van der Waals surface area contributed by atoms with Crippen molar-refractivity contribution in [2.75, 3.05) is 5.32 Å². The summed E-state index contributed by atoms with van der Waals surface area (Å²) in [5.74, 6) is -1.13. The third-order valence-corrected chi connectivity index (χ3v) is 4.25. The molecule has 1 amide bonds. The molecule has 0 saturated heterocycles. The number of hydrogen-bond donors (Lipinski definition) is 2. The average Bonchev–Trinajstić information content (AvgIpc) is 2.20. The van der Waals surface area contributed by atoms with Crippen LogP contribution in [-0.4, -0.2) is 17.0 Å². The second kappa shape index (κ2) is 7.04. The van der Waals surface area contributed by atoms with E-state index in [1.54, 1.807) is 13.8 Å². The fourth-order valence-electron chi connectivity index (χ4n) is 1.75. The van der Waals surface area contributed by atoms with Crippen molar-refractivity contribution in [3.05, 3.63) is 25.6 Å². The molecule has 1 rings (SSSR count). The maximum Gasteiger partial charge on any atom is 0.303 e. The smallest absolute Gasteiger partial charge is 0.303 e. The fraction of sp³-hybridized carbons (Fsp3) is 0.385. The van der Waals surface area contributed by atoms with Gasteiger partial charge in [-0.15, -0.1) is 0 Å². The molecule has 0 radical (unpaired) electrons. The van der Waals surface area contributed by atoms with Gasteiger partial charge in [0.15, 0.2) is 0 Å². The van der Waals surface area contributed by atoms with Gasteiger partial charge in [-0.05, 0) is 49.4 Å². The Kier molecular flexibility index (Phi) is 6.22. The Morgan fingerprint density at radius 2 is 1.65 bits per heavy atom. The molecule has 0 aliphatic heterocycles. The Labute approximate surface area is 142 Å². The van der Waals surface area contributed by atoms with Crippen LogP contribution in [0.5, 0.6) is 0 Å². The molecule has 0 saturated carbocycles. The van der Waals surface area contributed by atoms with Gasteiger partial charge < -0.3 is 10.4 Å². The molecule has 0 aliphatic rings. The summed E-state index contributed by atoms with van der Waals surface area (Å²) in [5, 5.41) is 11.6. The summed E-state index contributed by atoms with van der Waals surface area (Å²) in [5.41, 5.74) is 0.0360. The van der Waals surface area contributed by atoms with Gasteiger partial charge >= 0.3 is 5.97 Å². The van der Waals surface area contributed by atoms with Crippen LogP contribution in [0, 0.1) is 5.41 Å². The van der Waals surface area contributed by atoms with Crippen LogP contribution in [0.15, 0.2) is 25.6 Å². The number of anilines is 1. The number of carbonyl (C=O) groups is 2. The topological polar surface area (TPSA) is 66.4 Å². The van der Waals surface area contributed by atoms with Gasteiger partial charge in [0, 0.05) is 19.8 Å². The molecule has 4 nitrogen and oxygen atoms in total. The molecule has 0 bridgehead atoms. The second-order valence-electron chi connectivity index (χ2n) is 5.20. The molecule has 0 heterocycles. The zero-order valence-electron chi connectivity index (χ0n) is 11.0. The van der Waals surface area contributed by atoms with E-state index >= 15 is 0 Å². The van der Waals surface area contributed by atoms with Crippen LogP contribution < -0.4 is 5.32 Å². The highest BCUT2D eigenvalue weighted by Crippen LogP contribution is 2.35. The Balaban J connectivity index is 2.79. The lowest BCUT2D eigenvalue weighted by molar-refractivity contribution is -0.139. The van der Waals surface area contributed by atoms with Gasteiger partial charge in [-0.1, -0.05) is 29.8 Å². The highest BCUT2D eigenvalue weighted by Gasteiger charge is 2.25. The normalized spacial score (nSPS) is 11.2. The van der Waals surface area contributed by atoms with Crippen LogP contribution in [0.2, 0.25) is 0 Å². The number of carboxylic acid groups (broad SMARTS) is 1. The van der Waals surface area contributed by atoms with Gasteiger partial charge in [0.05, 0.1) is 12.1 Å². The second-order valence-corrected chi connectivity index (χ2v) is 7.83. The molecule has 0 atom stereocenters. The molecule has 1 aromatic rings. The van der Waals surface area contributed by atoms with Gasteiger partial charge in [0.25, 0.3) is 0 Å².